The molecule has 0 unspecified atom stereocenters. The molecule has 0 aromatic heterocycles. The number of esters is 2. The molecule has 4 heteroatoms. The first kappa shape index (κ1) is 16.7. The van der Waals surface area contributed by atoms with Gasteiger partial charge in [-0.3, -0.25) is 0 Å². The molecular weight excluding hydrogens is 268 g/mol. The third-order valence-corrected chi connectivity index (χ3v) is 2.78. The Hall–Kier alpha value is -2.36. The molecule has 4 nitrogen and oxygen atoms in total. The predicted molar refractivity (Wildman–Crippen MR) is 80.4 cm³/mol. The molecule has 0 radical (unpaired) electrons. The average Bonchev–Trinajstić information content (AvgIpc) is 2.42. The van der Waals surface area contributed by atoms with Crippen LogP contribution in [0.25, 0.3) is 0 Å². The summed E-state index contributed by atoms with van der Waals surface area (Å²) in [5, 5.41) is 0. The molecule has 1 aromatic carbocycles. The highest BCUT2D eigenvalue weighted by Gasteiger charge is 2.10. The van der Waals surface area contributed by atoms with Crippen molar-refractivity contribution in [3.8, 4) is 0 Å². The van der Waals surface area contributed by atoms with Crippen LogP contribution in [0.5, 0.6) is 0 Å². The lowest BCUT2D eigenvalue weighted by molar-refractivity contribution is -0.141. The number of aryl methyl sites for hydroxylation is 1. The van der Waals surface area contributed by atoms with Gasteiger partial charge in [-0.2, -0.15) is 0 Å². The van der Waals surface area contributed by atoms with Crippen molar-refractivity contribution in [1.29, 1.82) is 0 Å². The van der Waals surface area contributed by atoms with Gasteiger partial charge >= 0.3 is 11.9 Å². The van der Waals surface area contributed by atoms with Crippen LogP contribution in [0.3, 0.4) is 0 Å². The van der Waals surface area contributed by atoms with E-state index in [0.717, 1.165) is 16.7 Å². The summed E-state index contributed by atoms with van der Waals surface area (Å²) in [5.74, 6) is -0.887. The molecule has 0 heterocycles. The fourth-order valence-corrected chi connectivity index (χ4v) is 1.56. The van der Waals surface area contributed by atoms with Crippen molar-refractivity contribution in [3.05, 3.63) is 59.2 Å². The second-order valence-corrected chi connectivity index (χ2v) is 4.99. The molecular formula is C17H20O4. The molecule has 1 rings (SSSR count). The Balaban J connectivity index is 2.79. The van der Waals surface area contributed by atoms with Gasteiger partial charge in [-0.25, -0.2) is 9.59 Å². The Morgan fingerprint density at radius 3 is 1.90 bits per heavy atom. The molecule has 21 heavy (non-hydrogen) atoms. The van der Waals surface area contributed by atoms with Gasteiger partial charge in [0.2, 0.25) is 0 Å². The Labute approximate surface area is 125 Å². The zero-order chi connectivity index (χ0) is 16.0. The van der Waals surface area contributed by atoms with Crippen LogP contribution >= 0.6 is 0 Å². The van der Waals surface area contributed by atoms with E-state index in [0.29, 0.717) is 11.1 Å². The predicted octanol–water partition coefficient (Wildman–Crippen LogP) is 3.23. The second kappa shape index (κ2) is 7.43. The van der Waals surface area contributed by atoms with Gasteiger partial charge in [-0.15, -0.1) is 0 Å². The van der Waals surface area contributed by atoms with E-state index in [4.69, 9.17) is 9.47 Å². The summed E-state index contributed by atoms with van der Waals surface area (Å²) in [6.07, 6.45) is 0. The summed E-state index contributed by atoms with van der Waals surface area (Å²) in [7, 11) is 0. The first-order valence-electron chi connectivity index (χ1n) is 6.55. The van der Waals surface area contributed by atoms with E-state index in [1.165, 1.54) is 0 Å². The Kier molecular flexibility index (Phi) is 5.91. The lowest BCUT2D eigenvalue weighted by Gasteiger charge is -2.12. The zero-order valence-electron chi connectivity index (χ0n) is 12.7. The van der Waals surface area contributed by atoms with Crippen LogP contribution in [-0.2, 0) is 32.3 Å². The third kappa shape index (κ3) is 5.26. The Morgan fingerprint density at radius 2 is 1.43 bits per heavy atom. The van der Waals surface area contributed by atoms with E-state index >= 15 is 0 Å². The molecule has 0 atom stereocenters. The molecule has 112 valence electrons. The smallest absolute Gasteiger partial charge is 0.333 e. The Morgan fingerprint density at radius 1 is 0.952 bits per heavy atom. The Bertz CT molecular complexity index is 584. The molecule has 0 bridgehead atoms. The maximum absolute atomic E-state index is 11.4. The van der Waals surface area contributed by atoms with Crippen molar-refractivity contribution in [2.24, 2.45) is 0 Å². The second-order valence-electron chi connectivity index (χ2n) is 4.99. The van der Waals surface area contributed by atoms with Crippen LogP contribution in [0.1, 0.15) is 30.5 Å². The fraction of sp³-hybridized carbons (Fsp3) is 0.294. The number of benzene rings is 1. The number of rotatable bonds is 6. The first-order chi connectivity index (χ1) is 9.81. The van der Waals surface area contributed by atoms with Crippen molar-refractivity contribution in [2.75, 3.05) is 0 Å². The molecule has 0 saturated heterocycles. The van der Waals surface area contributed by atoms with Crippen LogP contribution in [0.15, 0.2) is 42.5 Å². The van der Waals surface area contributed by atoms with Crippen LogP contribution < -0.4 is 0 Å². The maximum atomic E-state index is 11.4. The number of hydrogen-bond donors (Lipinski definition) is 0. The summed E-state index contributed by atoms with van der Waals surface area (Å²) in [6.45, 7) is 12.4. The van der Waals surface area contributed by atoms with E-state index in [2.05, 4.69) is 13.2 Å². The summed E-state index contributed by atoms with van der Waals surface area (Å²) in [6, 6.07) is 5.66. The number of carbonyl (C=O) groups excluding carboxylic acids is 2. The van der Waals surface area contributed by atoms with E-state index in [9.17, 15) is 9.59 Å². The van der Waals surface area contributed by atoms with Gasteiger partial charge in [0.05, 0.1) is 0 Å². The molecule has 0 N–H and O–H groups in total. The third-order valence-electron chi connectivity index (χ3n) is 2.78. The van der Waals surface area contributed by atoms with E-state index in [-0.39, 0.29) is 13.2 Å². The van der Waals surface area contributed by atoms with Crippen LogP contribution in [0.4, 0.5) is 0 Å². The van der Waals surface area contributed by atoms with Crippen molar-refractivity contribution in [1.82, 2.24) is 0 Å². The van der Waals surface area contributed by atoms with Gasteiger partial charge < -0.3 is 9.47 Å². The molecule has 0 aliphatic heterocycles. The van der Waals surface area contributed by atoms with Crippen molar-refractivity contribution < 1.29 is 19.1 Å². The van der Waals surface area contributed by atoms with E-state index in [1.54, 1.807) is 13.8 Å². The summed E-state index contributed by atoms with van der Waals surface area (Å²) >= 11 is 0. The minimum absolute atomic E-state index is 0.117. The van der Waals surface area contributed by atoms with Gasteiger partial charge in [0.1, 0.15) is 13.2 Å². The molecule has 0 saturated carbocycles. The minimum Gasteiger partial charge on any atom is -0.457 e. The largest absolute Gasteiger partial charge is 0.457 e. The normalized spacial score (nSPS) is 9.86. The van der Waals surface area contributed by atoms with Gasteiger partial charge in [-0.05, 0) is 31.9 Å². The monoisotopic (exact) mass is 288 g/mol. The molecule has 1 aromatic rings. The molecule has 0 aliphatic rings. The van der Waals surface area contributed by atoms with Crippen LogP contribution in [0.2, 0.25) is 0 Å². The summed E-state index contributed by atoms with van der Waals surface area (Å²) in [4.78, 5) is 22.9. The molecule has 0 spiro atoms. The SMILES string of the molecule is C=C(C)C(=O)OCc1ccc(C)cc1COC(=O)C(=C)C. The van der Waals surface area contributed by atoms with Gasteiger partial charge in [0, 0.05) is 11.1 Å². The fourth-order valence-electron chi connectivity index (χ4n) is 1.56. The highest BCUT2D eigenvalue weighted by atomic mass is 16.5. The lowest BCUT2D eigenvalue weighted by atomic mass is 10.1. The van der Waals surface area contributed by atoms with Crippen molar-refractivity contribution in [2.45, 2.75) is 34.0 Å². The van der Waals surface area contributed by atoms with Gasteiger partial charge in [0.15, 0.2) is 0 Å². The van der Waals surface area contributed by atoms with Crippen molar-refractivity contribution in [3.63, 3.8) is 0 Å². The number of ether oxygens (including phenoxy) is 2. The highest BCUT2D eigenvalue weighted by molar-refractivity contribution is 5.87. The molecule has 0 fully saturated rings. The zero-order valence-corrected chi connectivity index (χ0v) is 12.7. The minimum atomic E-state index is -0.444. The quantitative estimate of drug-likeness (QED) is 0.595. The van der Waals surface area contributed by atoms with E-state index < -0.39 is 11.9 Å². The van der Waals surface area contributed by atoms with Gasteiger partial charge in [-0.1, -0.05) is 36.9 Å². The maximum Gasteiger partial charge on any atom is 0.333 e. The number of hydrogen-bond acceptors (Lipinski definition) is 4. The van der Waals surface area contributed by atoms with E-state index in [1.807, 2.05) is 25.1 Å². The summed E-state index contributed by atoms with van der Waals surface area (Å²) in [5.41, 5.74) is 3.32. The molecule has 0 amide bonds. The highest BCUT2D eigenvalue weighted by Crippen LogP contribution is 2.15. The van der Waals surface area contributed by atoms with Crippen molar-refractivity contribution >= 4 is 11.9 Å². The van der Waals surface area contributed by atoms with Crippen LogP contribution in [-0.4, -0.2) is 11.9 Å². The number of carbonyl (C=O) groups is 2. The topological polar surface area (TPSA) is 52.6 Å². The first-order valence-corrected chi connectivity index (χ1v) is 6.55. The van der Waals surface area contributed by atoms with Gasteiger partial charge in [0.25, 0.3) is 0 Å². The summed E-state index contributed by atoms with van der Waals surface area (Å²) < 4.78 is 10.3. The van der Waals surface area contributed by atoms with Crippen LogP contribution in [0, 0.1) is 6.92 Å². The average molecular weight is 288 g/mol. The lowest BCUT2D eigenvalue weighted by Crippen LogP contribution is -2.09. The standard InChI is InChI=1S/C17H20O4/c1-11(2)16(18)20-9-14-7-6-13(5)8-15(14)10-21-17(19)12(3)4/h6-8H,1,3,9-10H2,2,4-5H3. The molecule has 0 aliphatic carbocycles.